The van der Waals surface area contributed by atoms with Gasteiger partial charge in [0.05, 0.1) is 6.10 Å². The first-order valence-electron chi connectivity index (χ1n) is 10.6. The van der Waals surface area contributed by atoms with Crippen molar-refractivity contribution in [3.05, 3.63) is 65.7 Å². The van der Waals surface area contributed by atoms with Crippen molar-refractivity contribution in [2.75, 3.05) is 25.5 Å². The molecule has 1 unspecified atom stereocenters. The molecule has 1 atom stereocenters. The van der Waals surface area contributed by atoms with Gasteiger partial charge in [-0.05, 0) is 43.0 Å². The van der Waals surface area contributed by atoms with Crippen molar-refractivity contribution in [1.29, 1.82) is 0 Å². The first kappa shape index (κ1) is 26.9. The molecule has 0 radical (unpaired) electrons. The number of hydrogen-bond donors (Lipinski definition) is 3. The molecule has 0 saturated carbocycles. The molecule has 2 rings (SSSR count). The lowest BCUT2D eigenvalue weighted by atomic mass is 10.1. The molecule has 0 aliphatic heterocycles. The number of rotatable bonds is 11. The molecular formula is C24H35IN4O2. The third-order valence-electron chi connectivity index (χ3n) is 4.65. The largest absolute Gasteiger partial charge is 0.374 e. The Morgan fingerprint density at radius 2 is 1.77 bits per heavy atom. The SMILES string of the molecule is CCCC(=O)Nc1ccc(CNC(=NC)NCCCOC(C)c2ccccc2)cc1.I. The molecule has 0 aliphatic rings. The molecule has 31 heavy (non-hydrogen) atoms. The third kappa shape index (κ3) is 10.6. The Balaban J connectivity index is 0.00000480. The van der Waals surface area contributed by atoms with Gasteiger partial charge < -0.3 is 20.7 Å². The van der Waals surface area contributed by atoms with E-state index in [1.807, 2.05) is 49.4 Å². The first-order valence-corrected chi connectivity index (χ1v) is 10.6. The smallest absolute Gasteiger partial charge is 0.224 e. The summed E-state index contributed by atoms with van der Waals surface area (Å²) >= 11 is 0. The second-order valence-electron chi connectivity index (χ2n) is 7.12. The van der Waals surface area contributed by atoms with E-state index in [1.54, 1.807) is 7.05 Å². The molecule has 0 saturated heterocycles. The lowest BCUT2D eigenvalue weighted by Gasteiger charge is -2.15. The zero-order valence-corrected chi connectivity index (χ0v) is 21.0. The average Bonchev–Trinajstić information content (AvgIpc) is 2.77. The Hall–Kier alpha value is -2.13. The molecule has 0 bridgehead atoms. The van der Waals surface area contributed by atoms with E-state index >= 15 is 0 Å². The molecule has 2 aromatic carbocycles. The van der Waals surface area contributed by atoms with Crippen LogP contribution in [0, 0.1) is 0 Å². The van der Waals surface area contributed by atoms with E-state index in [0.717, 1.165) is 36.6 Å². The summed E-state index contributed by atoms with van der Waals surface area (Å²) in [6, 6.07) is 18.1. The molecule has 3 N–H and O–H groups in total. The van der Waals surface area contributed by atoms with Crippen molar-refractivity contribution in [3.63, 3.8) is 0 Å². The van der Waals surface area contributed by atoms with Crippen molar-refractivity contribution in [2.24, 2.45) is 4.99 Å². The fourth-order valence-corrected chi connectivity index (χ4v) is 2.92. The number of guanidine groups is 1. The second kappa shape index (κ2) is 15.6. The zero-order chi connectivity index (χ0) is 21.6. The lowest BCUT2D eigenvalue weighted by Crippen LogP contribution is -2.37. The van der Waals surface area contributed by atoms with Gasteiger partial charge in [0, 0.05) is 38.9 Å². The number of ether oxygens (including phenoxy) is 1. The van der Waals surface area contributed by atoms with Crippen LogP contribution in [0.1, 0.15) is 50.3 Å². The topological polar surface area (TPSA) is 74.8 Å². The normalized spacial score (nSPS) is 11.9. The van der Waals surface area contributed by atoms with Crippen molar-refractivity contribution >= 4 is 41.5 Å². The Kier molecular flexibility index (Phi) is 13.6. The summed E-state index contributed by atoms with van der Waals surface area (Å²) in [5.74, 6) is 0.807. The van der Waals surface area contributed by atoms with Gasteiger partial charge >= 0.3 is 0 Å². The number of benzene rings is 2. The van der Waals surface area contributed by atoms with Crippen LogP contribution >= 0.6 is 24.0 Å². The standard InChI is InChI=1S/C24H34N4O2.HI/c1-4-9-23(29)28-22-14-12-20(13-15-22)18-27-24(25-3)26-16-8-17-30-19(2)21-10-6-5-7-11-21;/h5-7,10-15,19H,4,8-9,16-18H2,1-3H3,(H,28,29)(H2,25,26,27);1H. The summed E-state index contributed by atoms with van der Waals surface area (Å²) in [5.41, 5.74) is 3.13. The van der Waals surface area contributed by atoms with E-state index < -0.39 is 0 Å². The number of aliphatic imine (C=N–C) groups is 1. The molecule has 7 heteroatoms. The summed E-state index contributed by atoms with van der Waals surface area (Å²) < 4.78 is 5.90. The number of carbonyl (C=O) groups is 1. The van der Waals surface area contributed by atoms with E-state index in [9.17, 15) is 4.79 Å². The van der Waals surface area contributed by atoms with Crippen LogP contribution in [0.4, 0.5) is 5.69 Å². The fourth-order valence-electron chi connectivity index (χ4n) is 2.92. The van der Waals surface area contributed by atoms with Crippen molar-refractivity contribution in [2.45, 2.75) is 45.8 Å². The van der Waals surface area contributed by atoms with E-state index in [2.05, 4.69) is 40.0 Å². The van der Waals surface area contributed by atoms with Crippen molar-refractivity contribution < 1.29 is 9.53 Å². The Labute approximate surface area is 203 Å². The summed E-state index contributed by atoms with van der Waals surface area (Å²) in [6.45, 7) is 6.19. The zero-order valence-electron chi connectivity index (χ0n) is 18.7. The minimum atomic E-state index is 0. The maximum Gasteiger partial charge on any atom is 0.224 e. The molecule has 6 nitrogen and oxygen atoms in total. The number of anilines is 1. The van der Waals surface area contributed by atoms with E-state index in [4.69, 9.17) is 4.74 Å². The van der Waals surface area contributed by atoms with Gasteiger partial charge in [0.15, 0.2) is 5.96 Å². The second-order valence-corrected chi connectivity index (χ2v) is 7.12. The van der Waals surface area contributed by atoms with E-state index in [-0.39, 0.29) is 36.0 Å². The Morgan fingerprint density at radius 1 is 1.06 bits per heavy atom. The molecular weight excluding hydrogens is 503 g/mol. The highest BCUT2D eigenvalue weighted by molar-refractivity contribution is 14.0. The van der Waals surface area contributed by atoms with Crippen molar-refractivity contribution in [3.8, 4) is 0 Å². The summed E-state index contributed by atoms with van der Waals surface area (Å²) in [5, 5.41) is 9.51. The van der Waals surface area contributed by atoms with Crippen LogP contribution in [0.2, 0.25) is 0 Å². The van der Waals surface area contributed by atoms with Crippen LogP contribution in [-0.4, -0.2) is 32.1 Å². The lowest BCUT2D eigenvalue weighted by molar-refractivity contribution is -0.116. The Morgan fingerprint density at radius 3 is 2.42 bits per heavy atom. The van der Waals surface area contributed by atoms with E-state index in [1.165, 1.54) is 5.56 Å². The minimum Gasteiger partial charge on any atom is -0.374 e. The van der Waals surface area contributed by atoms with Crippen LogP contribution in [0.25, 0.3) is 0 Å². The van der Waals surface area contributed by atoms with Gasteiger partial charge in [0.2, 0.25) is 5.91 Å². The summed E-state index contributed by atoms with van der Waals surface area (Å²) in [6.07, 6.45) is 2.38. The van der Waals surface area contributed by atoms with Gasteiger partial charge in [0.1, 0.15) is 0 Å². The molecule has 0 aliphatic carbocycles. The van der Waals surface area contributed by atoms with Gasteiger partial charge in [-0.2, -0.15) is 0 Å². The summed E-state index contributed by atoms with van der Waals surface area (Å²) in [7, 11) is 1.76. The van der Waals surface area contributed by atoms with Crippen LogP contribution in [0.15, 0.2) is 59.6 Å². The van der Waals surface area contributed by atoms with Crippen LogP contribution < -0.4 is 16.0 Å². The first-order chi connectivity index (χ1) is 14.6. The number of carbonyl (C=O) groups excluding carboxylic acids is 1. The van der Waals surface area contributed by atoms with Crippen LogP contribution in [-0.2, 0) is 16.1 Å². The minimum absolute atomic E-state index is 0. The highest BCUT2D eigenvalue weighted by Crippen LogP contribution is 2.15. The number of nitrogens with one attached hydrogen (secondary N) is 3. The van der Waals surface area contributed by atoms with Gasteiger partial charge in [-0.25, -0.2) is 0 Å². The van der Waals surface area contributed by atoms with Crippen LogP contribution in [0.3, 0.4) is 0 Å². The quantitative estimate of drug-likeness (QED) is 0.165. The van der Waals surface area contributed by atoms with E-state index in [0.29, 0.717) is 19.6 Å². The predicted molar refractivity (Wildman–Crippen MR) is 139 cm³/mol. The molecule has 170 valence electrons. The molecule has 0 aromatic heterocycles. The molecule has 0 spiro atoms. The summed E-state index contributed by atoms with van der Waals surface area (Å²) in [4.78, 5) is 15.9. The number of halogens is 1. The fraction of sp³-hybridized carbons (Fsp3) is 0.417. The predicted octanol–water partition coefficient (Wildman–Crippen LogP) is 4.88. The van der Waals surface area contributed by atoms with Gasteiger partial charge in [-0.15, -0.1) is 24.0 Å². The third-order valence-corrected chi connectivity index (χ3v) is 4.65. The molecule has 1 amide bonds. The monoisotopic (exact) mass is 538 g/mol. The van der Waals surface area contributed by atoms with Crippen LogP contribution in [0.5, 0.6) is 0 Å². The van der Waals surface area contributed by atoms with Gasteiger partial charge in [0.25, 0.3) is 0 Å². The van der Waals surface area contributed by atoms with Gasteiger partial charge in [-0.3, -0.25) is 9.79 Å². The molecule has 0 fully saturated rings. The molecule has 2 aromatic rings. The van der Waals surface area contributed by atoms with Crippen molar-refractivity contribution in [1.82, 2.24) is 10.6 Å². The maximum atomic E-state index is 11.7. The number of nitrogens with zero attached hydrogens (tertiary/aromatic N) is 1. The highest BCUT2D eigenvalue weighted by atomic mass is 127. The molecule has 0 heterocycles. The van der Waals surface area contributed by atoms with Gasteiger partial charge in [-0.1, -0.05) is 49.4 Å². The average molecular weight is 538 g/mol. The number of hydrogen-bond acceptors (Lipinski definition) is 3. The maximum absolute atomic E-state index is 11.7. The number of amides is 1. The highest BCUT2D eigenvalue weighted by Gasteiger charge is 2.05. The Bertz CT molecular complexity index is 782.